The molecule has 0 heterocycles. The third-order valence-electron chi connectivity index (χ3n) is 4.40. The summed E-state index contributed by atoms with van der Waals surface area (Å²) in [5.74, 6) is 1.12. The molecule has 1 saturated carbocycles. The summed E-state index contributed by atoms with van der Waals surface area (Å²) in [6.07, 6.45) is 4.31. The first-order valence-electron chi connectivity index (χ1n) is 7.52. The highest BCUT2D eigenvalue weighted by Crippen LogP contribution is 2.28. The first kappa shape index (κ1) is 16.3. The molecule has 1 fully saturated rings. The van der Waals surface area contributed by atoms with Crippen molar-refractivity contribution in [1.82, 2.24) is 4.72 Å². The maximum Gasteiger partial charge on any atom is 0.241 e. The molecule has 1 aliphatic rings. The van der Waals surface area contributed by atoms with Gasteiger partial charge in [0.05, 0.1) is 12.0 Å². The van der Waals surface area contributed by atoms with Crippen LogP contribution in [0.15, 0.2) is 17.0 Å². The Kier molecular flexibility index (Phi) is 4.94. The summed E-state index contributed by atoms with van der Waals surface area (Å²) in [6, 6.07) is 3.53. The Morgan fingerprint density at radius 2 is 1.81 bits per heavy atom. The lowest BCUT2D eigenvalue weighted by atomic mass is 9.87. The lowest BCUT2D eigenvalue weighted by Gasteiger charge is -2.29. The van der Waals surface area contributed by atoms with Gasteiger partial charge in [-0.05, 0) is 55.9 Å². The van der Waals surface area contributed by atoms with Crippen molar-refractivity contribution in [1.29, 1.82) is 0 Å². The number of nitrogens with one attached hydrogen (secondary N) is 1. The van der Waals surface area contributed by atoms with Crippen LogP contribution in [0.25, 0.3) is 0 Å². The van der Waals surface area contributed by atoms with Crippen LogP contribution < -0.4 is 9.46 Å². The number of hydrogen-bond acceptors (Lipinski definition) is 3. The molecule has 0 aliphatic heterocycles. The van der Waals surface area contributed by atoms with E-state index in [0.717, 1.165) is 30.6 Å². The molecule has 2 atom stereocenters. The zero-order valence-electron chi connectivity index (χ0n) is 13.3. The van der Waals surface area contributed by atoms with Crippen molar-refractivity contribution < 1.29 is 13.2 Å². The third-order valence-corrected chi connectivity index (χ3v) is 6.03. The molecular formula is C16H25NO3S. The fourth-order valence-electron chi connectivity index (χ4n) is 3.03. The average molecular weight is 311 g/mol. The van der Waals surface area contributed by atoms with Crippen LogP contribution in [-0.4, -0.2) is 21.6 Å². The average Bonchev–Trinajstić information content (AvgIpc) is 2.43. The van der Waals surface area contributed by atoms with Gasteiger partial charge < -0.3 is 4.74 Å². The van der Waals surface area contributed by atoms with Gasteiger partial charge >= 0.3 is 0 Å². The van der Waals surface area contributed by atoms with Crippen molar-refractivity contribution in [2.45, 2.75) is 57.4 Å². The summed E-state index contributed by atoms with van der Waals surface area (Å²) in [5, 5.41) is 0. The molecule has 1 N–H and O–H groups in total. The van der Waals surface area contributed by atoms with Crippen molar-refractivity contribution in [3.05, 3.63) is 23.3 Å². The summed E-state index contributed by atoms with van der Waals surface area (Å²) >= 11 is 0. The minimum atomic E-state index is -3.48. The SMILES string of the molecule is COc1cc(C)c(S(=O)(=O)N[C@@H]2CCCC[C@H]2C)cc1C. The summed E-state index contributed by atoms with van der Waals surface area (Å²) in [5.41, 5.74) is 1.55. The van der Waals surface area contributed by atoms with E-state index in [1.54, 1.807) is 26.2 Å². The highest BCUT2D eigenvalue weighted by Gasteiger charge is 2.28. The summed E-state index contributed by atoms with van der Waals surface area (Å²) < 4.78 is 33.5. The van der Waals surface area contributed by atoms with Crippen molar-refractivity contribution in [3.8, 4) is 5.75 Å². The van der Waals surface area contributed by atoms with E-state index in [9.17, 15) is 8.42 Å². The highest BCUT2D eigenvalue weighted by atomic mass is 32.2. The van der Waals surface area contributed by atoms with E-state index in [1.807, 2.05) is 6.92 Å². The molecular weight excluding hydrogens is 286 g/mol. The molecule has 0 radical (unpaired) electrons. The number of ether oxygens (including phenoxy) is 1. The second-order valence-electron chi connectivity index (χ2n) is 6.08. The Morgan fingerprint density at radius 3 is 2.43 bits per heavy atom. The minimum Gasteiger partial charge on any atom is -0.496 e. The molecule has 5 heteroatoms. The zero-order valence-corrected chi connectivity index (χ0v) is 14.1. The quantitative estimate of drug-likeness (QED) is 0.929. The molecule has 0 bridgehead atoms. The number of aryl methyl sites for hydroxylation is 2. The van der Waals surface area contributed by atoms with E-state index in [1.165, 1.54) is 6.42 Å². The second-order valence-corrected chi connectivity index (χ2v) is 7.76. The van der Waals surface area contributed by atoms with E-state index in [4.69, 9.17) is 4.74 Å². The first-order chi connectivity index (χ1) is 9.85. The highest BCUT2D eigenvalue weighted by molar-refractivity contribution is 7.89. The molecule has 0 amide bonds. The maximum absolute atomic E-state index is 12.7. The van der Waals surface area contributed by atoms with Crippen LogP contribution in [0.4, 0.5) is 0 Å². The standard InChI is InChI=1S/C16H25NO3S/c1-11-7-5-6-8-14(11)17-21(18,19)16-10-12(2)15(20-4)9-13(16)3/h9-11,14,17H,5-8H2,1-4H3/t11-,14-/m1/s1. The third kappa shape index (κ3) is 3.58. The van der Waals surface area contributed by atoms with Gasteiger partial charge in [0.15, 0.2) is 0 Å². The van der Waals surface area contributed by atoms with Crippen molar-refractivity contribution in [2.75, 3.05) is 7.11 Å². The molecule has 1 aliphatic carbocycles. The first-order valence-corrected chi connectivity index (χ1v) is 9.01. The molecule has 118 valence electrons. The van der Waals surface area contributed by atoms with Gasteiger partial charge in [-0.25, -0.2) is 13.1 Å². The Balaban J connectivity index is 2.29. The van der Waals surface area contributed by atoms with Gasteiger partial charge in [-0.15, -0.1) is 0 Å². The molecule has 4 nitrogen and oxygen atoms in total. The van der Waals surface area contributed by atoms with E-state index in [0.29, 0.717) is 16.4 Å². The van der Waals surface area contributed by atoms with E-state index < -0.39 is 10.0 Å². The lowest BCUT2D eigenvalue weighted by molar-refractivity contribution is 0.310. The van der Waals surface area contributed by atoms with Gasteiger partial charge in [0.1, 0.15) is 5.75 Å². The van der Waals surface area contributed by atoms with Crippen molar-refractivity contribution in [2.24, 2.45) is 5.92 Å². The molecule has 1 aromatic carbocycles. The maximum atomic E-state index is 12.7. The van der Waals surface area contributed by atoms with E-state index in [-0.39, 0.29) is 6.04 Å². The molecule has 0 unspecified atom stereocenters. The minimum absolute atomic E-state index is 0.0468. The van der Waals surface area contributed by atoms with Crippen LogP contribution in [0.2, 0.25) is 0 Å². The summed E-state index contributed by atoms with van der Waals surface area (Å²) in [4.78, 5) is 0.360. The van der Waals surface area contributed by atoms with Gasteiger partial charge in [0.25, 0.3) is 0 Å². The van der Waals surface area contributed by atoms with Gasteiger partial charge in [0, 0.05) is 6.04 Å². The Morgan fingerprint density at radius 1 is 1.14 bits per heavy atom. The molecule has 1 aromatic rings. The molecule has 0 saturated heterocycles. The largest absolute Gasteiger partial charge is 0.496 e. The zero-order chi connectivity index (χ0) is 15.6. The molecule has 0 aromatic heterocycles. The van der Waals surface area contributed by atoms with Gasteiger partial charge in [0.2, 0.25) is 10.0 Å². The van der Waals surface area contributed by atoms with Gasteiger partial charge in [-0.3, -0.25) is 0 Å². The number of benzene rings is 1. The topological polar surface area (TPSA) is 55.4 Å². The van der Waals surface area contributed by atoms with E-state index in [2.05, 4.69) is 11.6 Å². The molecule has 2 rings (SSSR count). The second kappa shape index (κ2) is 6.36. The summed E-state index contributed by atoms with van der Waals surface area (Å²) in [6.45, 7) is 5.79. The smallest absolute Gasteiger partial charge is 0.241 e. The molecule has 21 heavy (non-hydrogen) atoms. The van der Waals surface area contributed by atoms with Crippen LogP contribution in [-0.2, 0) is 10.0 Å². The van der Waals surface area contributed by atoms with Gasteiger partial charge in [-0.2, -0.15) is 0 Å². The molecule has 0 spiro atoms. The monoisotopic (exact) mass is 311 g/mol. The van der Waals surface area contributed by atoms with Crippen LogP contribution in [0, 0.1) is 19.8 Å². The Bertz CT molecular complexity index is 610. The van der Waals surface area contributed by atoms with Crippen LogP contribution in [0.3, 0.4) is 0 Å². The van der Waals surface area contributed by atoms with Crippen molar-refractivity contribution in [3.63, 3.8) is 0 Å². The van der Waals surface area contributed by atoms with Crippen LogP contribution >= 0.6 is 0 Å². The number of rotatable bonds is 4. The number of methoxy groups -OCH3 is 1. The predicted octanol–water partition coefficient (Wildman–Crippen LogP) is 3.17. The normalized spacial score (nSPS) is 23.0. The Labute approximate surface area is 127 Å². The number of sulfonamides is 1. The van der Waals surface area contributed by atoms with Crippen LogP contribution in [0.1, 0.15) is 43.7 Å². The number of hydrogen-bond donors (Lipinski definition) is 1. The van der Waals surface area contributed by atoms with Crippen molar-refractivity contribution >= 4 is 10.0 Å². The Hall–Kier alpha value is -1.07. The van der Waals surface area contributed by atoms with Crippen LogP contribution in [0.5, 0.6) is 5.75 Å². The fourth-order valence-corrected chi connectivity index (χ4v) is 4.72. The summed E-state index contributed by atoms with van der Waals surface area (Å²) in [7, 11) is -1.88. The predicted molar refractivity (Wildman–Crippen MR) is 84.2 cm³/mol. The lowest BCUT2D eigenvalue weighted by Crippen LogP contribution is -2.41. The van der Waals surface area contributed by atoms with Gasteiger partial charge in [-0.1, -0.05) is 19.8 Å². The fraction of sp³-hybridized carbons (Fsp3) is 0.625. The van der Waals surface area contributed by atoms with E-state index >= 15 is 0 Å².